The highest BCUT2D eigenvalue weighted by Gasteiger charge is 2.28. The molecule has 0 saturated heterocycles. The van der Waals surface area contributed by atoms with Crippen molar-refractivity contribution in [2.45, 2.75) is 32.0 Å². The summed E-state index contributed by atoms with van der Waals surface area (Å²) in [5, 5.41) is 0. The van der Waals surface area contributed by atoms with Crippen LogP contribution in [0, 0.1) is 12.7 Å². The van der Waals surface area contributed by atoms with E-state index in [2.05, 4.69) is 0 Å². The number of hydrogen-bond acceptors (Lipinski definition) is 1. The zero-order valence-electron chi connectivity index (χ0n) is 9.22. The summed E-state index contributed by atoms with van der Waals surface area (Å²) >= 11 is 0. The summed E-state index contributed by atoms with van der Waals surface area (Å²) in [5.74, 6) is -0.413. The molecule has 0 amide bonds. The largest absolute Gasteiger partial charge is 0.389 e. The third-order valence-electron chi connectivity index (χ3n) is 2.37. The highest BCUT2D eigenvalue weighted by molar-refractivity contribution is 5.85. The number of alkyl halides is 3. The van der Waals surface area contributed by atoms with E-state index in [1.807, 2.05) is 0 Å². The van der Waals surface area contributed by atoms with E-state index in [1.165, 1.54) is 18.2 Å². The van der Waals surface area contributed by atoms with Crippen molar-refractivity contribution in [1.82, 2.24) is 0 Å². The number of aryl methyl sites for hydroxylation is 1. The number of halogens is 5. The van der Waals surface area contributed by atoms with E-state index in [1.54, 1.807) is 6.92 Å². The van der Waals surface area contributed by atoms with Gasteiger partial charge >= 0.3 is 6.18 Å². The van der Waals surface area contributed by atoms with Gasteiger partial charge in [-0.1, -0.05) is 6.07 Å². The molecule has 0 bridgehead atoms. The van der Waals surface area contributed by atoms with Crippen molar-refractivity contribution >= 4 is 12.4 Å². The van der Waals surface area contributed by atoms with E-state index < -0.39 is 24.5 Å². The fourth-order valence-electron chi connectivity index (χ4n) is 1.53. The lowest BCUT2D eigenvalue weighted by atomic mass is 9.98. The molecule has 1 aromatic carbocycles. The molecule has 1 aromatic rings. The fraction of sp³-hybridized carbons (Fsp3) is 0.455. The van der Waals surface area contributed by atoms with Crippen molar-refractivity contribution in [2.24, 2.45) is 5.73 Å². The number of benzene rings is 1. The van der Waals surface area contributed by atoms with Crippen LogP contribution >= 0.6 is 12.4 Å². The molecule has 0 spiro atoms. The van der Waals surface area contributed by atoms with Gasteiger partial charge in [0.25, 0.3) is 0 Å². The molecular formula is C11H14ClF4N. The van der Waals surface area contributed by atoms with E-state index in [0.717, 1.165) is 0 Å². The summed E-state index contributed by atoms with van der Waals surface area (Å²) in [7, 11) is 0. The maximum Gasteiger partial charge on any atom is 0.389 e. The highest BCUT2D eigenvalue weighted by atomic mass is 35.5. The normalized spacial score (nSPS) is 13.1. The Balaban J connectivity index is 0.00000256. The fourth-order valence-corrected chi connectivity index (χ4v) is 1.53. The molecule has 1 nitrogen and oxygen atoms in total. The number of nitrogens with two attached hydrogens (primary N) is 1. The SMILES string of the molecule is Cc1cc(F)ccc1C(N)CCC(F)(F)F.Cl. The van der Waals surface area contributed by atoms with E-state index in [0.29, 0.717) is 11.1 Å². The molecule has 0 aliphatic heterocycles. The van der Waals surface area contributed by atoms with Gasteiger partial charge in [0.1, 0.15) is 5.82 Å². The number of rotatable bonds is 3. The lowest BCUT2D eigenvalue weighted by molar-refractivity contribution is -0.136. The van der Waals surface area contributed by atoms with Crippen molar-refractivity contribution in [1.29, 1.82) is 0 Å². The van der Waals surface area contributed by atoms with Gasteiger partial charge in [-0.3, -0.25) is 0 Å². The Morgan fingerprint density at radius 1 is 1.29 bits per heavy atom. The second kappa shape index (κ2) is 6.21. The molecule has 0 aliphatic carbocycles. The summed E-state index contributed by atoms with van der Waals surface area (Å²) in [5.41, 5.74) is 6.77. The molecule has 1 unspecified atom stereocenters. The molecule has 0 radical (unpaired) electrons. The van der Waals surface area contributed by atoms with Crippen LogP contribution in [0.1, 0.15) is 30.0 Å². The molecule has 0 saturated carbocycles. The van der Waals surface area contributed by atoms with E-state index >= 15 is 0 Å². The Morgan fingerprint density at radius 3 is 2.35 bits per heavy atom. The predicted molar refractivity (Wildman–Crippen MR) is 60.6 cm³/mol. The second-order valence-corrected chi connectivity index (χ2v) is 3.76. The maximum absolute atomic E-state index is 12.8. The first-order valence-electron chi connectivity index (χ1n) is 4.88. The van der Waals surface area contributed by atoms with Crippen molar-refractivity contribution < 1.29 is 17.6 Å². The van der Waals surface area contributed by atoms with Crippen LogP contribution in [-0.4, -0.2) is 6.18 Å². The smallest absolute Gasteiger partial charge is 0.324 e. The van der Waals surface area contributed by atoms with Gasteiger partial charge in [0.15, 0.2) is 0 Å². The van der Waals surface area contributed by atoms with E-state index in [-0.39, 0.29) is 18.8 Å². The molecular weight excluding hydrogens is 258 g/mol. The van der Waals surface area contributed by atoms with Crippen molar-refractivity contribution in [3.63, 3.8) is 0 Å². The molecule has 2 N–H and O–H groups in total. The van der Waals surface area contributed by atoms with E-state index in [9.17, 15) is 17.6 Å². The van der Waals surface area contributed by atoms with Crippen LogP contribution in [0.5, 0.6) is 0 Å². The van der Waals surface area contributed by atoms with Crippen LogP contribution in [0.25, 0.3) is 0 Å². The minimum Gasteiger partial charge on any atom is -0.324 e. The van der Waals surface area contributed by atoms with Gasteiger partial charge in [0.2, 0.25) is 0 Å². The molecule has 0 fully saturated rings. The zero-order valence-corrected chi connectivity index (χ0v) is 10.0. The Bertz CT molecular complexity index is 365. The van der Waals surface area contributed by atoms with Crippen LogP contribution in [0.2, 0.25) is 0 Å². The Labute approximate surface area is 103 Å². The monoisotopic (exact) mass is 271 g/mol. The first kappa shape index (κ1) is 16.2. The second-order valence-electron chi connectivity index (χ2n) is 3.76. The van der Waals surface area contributed by atoms with Gasteiger partial charge in [0, 0.05) is 12.5 Å². The summed E-state index contributed by atoms with van der Waals surface area (Å²) in [4.78, 5) is 0. The van der Waals surface area contributed by atoms with Gasteiger partial charge in [-0.2, -0.15) is 13.2 Å². The molecule has 17 heavy (non-hydrogen) atoms. The summed E-state index contributed by atoms with van der Waals surface area (Å²) in [6.07, 6.45) is -5.31. The molecule has 98 valence electrons. The Hall–Kier alpha value is -0.810. The molecule has 0 aliphatic rings. The first-order chi connectivity index (χ1) is 7.29. The third kappa shape index (κ3) is 5.37. The minimum absolute atomic E-state index is 0. The van der Waals surface area contributed by atoms with E-state index in [4.69, 9.17) is 5.73 Å². The topological polar surface area (TPSA) is 26.0 Å². The average Bonchev–Trinajstić information content (AvgIpc) is 2.13. The van der Waals surface area contributed by atoms with Gasteiger partial charge in [0.05, 0.1) is 0 Å². The van der Waals surface area contributed by atoms with Gasteiger partial charge < -0.3 is 5.73 Å². The lowest BCUT2D eigenvalue weighted by Crippen LogP contribution is -2.16. The molecule has 0 heterocycles. The van der Waals surface area contributed by atoms with Crippen LogP contribution in [0.3, 0.4) is 0 Å². The van der Waals surface area contributed by atoms with Crippen molar-refractivity contribution in [3.8, 4) is 0 Å². The lowest BCUT2D eigenvalue weighted by Gasteiger charge is -2.15. The average molecular weight is 272 g/mol. The molecule has 6 heteroatoms. The zero-order chi connectivity index (χ0) is 12.3. The molecule has 1 rings (SSSR count). The first-order valence-corrected chi connectivity index (χ1v) is 4.88. The minimum atomic E-state index is -4.20. The van der Waals surface area contributed by atoms with Gasteiger partial charge in [-0.05, 0) is 36.6 Å². The van der Waals surface area contributed by atoms with Gasteiger partial charge in [-0.15, -0.1) is 12.4 Å². The Kier molecular flexibility index (Phi) is 5.92. The van der Waals surface area contributed by atoms with Crippen LogP contribution in [0.15, 0.2) is 18.2 Å². The number of hydrogen-bond donors (Lipinski definition) is 1. The summed E-state index contributed by atoms with van der Waals surface area (Å²) in [6.45, 7) is 1.63. The maximum atomic E-state index is 12.8. The molecule has 1 atom stereocenters. The van der Waals surface area contributed by atoms with Crippen LogP contribution in [-0.2, 0) is 0 Å². The summed E-state index contributed by atoms with van der Waals surface area (Å²) in [6, 6.07) is 3.20. The highest BCUT2D eigenvalue weighted by Crippen LogP contribution is 2.27. The predicted octanol–water partition coefficient (Wildman–Crippen LogP) is 3.90. The quantitative estimate of drug-likeness (QED) is 0.829. The summed E-state index contributed by atoms with van der Waals surface area (Å²) < 4.78 is 48.7. The van der Waals surface area contributed by atoms with Crippen molar-refractivity contribution in [3.05, 3.63) is 35.1 Å². The van der Waals surface area contributed by atoms with Crippen LogP contribution < -0.4 is 5.73 Å². The Morgan fingerprint density at radius 2 is 1.88 bits per heavy atom. The van der Waals surface area contributed by atoms with Crippen LogP contribution in [0.4, 0.5) is 17.6 Å². The van der Waals surface area contributed by atoms with Crippen molar-refractivity contribution in [2.75, 3.05) is 0 Å². The van der Waals surface area contributed by atoms with Gasteiger partial charge in [-0.25, -0.2) is 4.39 Å². The third-order valence-corrected chi connectivity index (χ3v) is 2.37. The molecule has 0 aromatic heterocycles. The standard InChI is InChI=1S/C11H13F4N.ClH/c1-7-6-8(12)2-3-9(7)10(16)4-5-11(13,14)15;/h2-3,6,10H,4-5,16H2,1H3;1H.